The number of fused-ring (bicyclic) bond motifs is 1. The fourth-order valence-corrected chi connectivity index (χ4v) is 2.40. The summed E-state index contributed by atoms with van der Waals surface area (Å²) in [5, 5.41) is 6.56. The number of imidazole rings is 1. The van der Waals surface area contributed by atoms with E-state index >= 15 is 0 Å². The van der Waals surface area contributed by atoms with E-state index in [0.29, 0.717) is 0 Å². The summed E-state index contributed by atoms with van der Waals surface area (Å²) in [5.41, 5.74) is 2.08. The van der Waals surface area contributed by atoms with Gasteiger partial charge in [0.25, 0.3) is 0 Å². The van der Waals surface area contributed by atoms with Gasteiger partial charge in [-0.15, -0.1) is 0 Å². The fraction of sp³-hybridized carbons (Fsp3) is 0.294. The first kappa shape index (κ1) is 15.1. The lowest BCUT2D eigenvalue weighted by Crippen LogP contribution is -2.39. The van der Waals surface area contributed by atoms with Gasteiger partial charge >= 0.3 is 0 Å². The van der Waals surface area contributed by atoms with Gasteiger partial charge in [-0.25, -0.2) is 4.98 Å². The van der Waals surface area contributed by atoms with Gasteiger partial charge in [-0.3, -0.25) is 4.99 Å². The molecular formula is C17H21N5O. The number of aromatic nitrogens is 2. The number of para-hydroxylation sites is 2. The average molecular weight is 311 g/mol. The van der Waals surface area contributed by atoms with Gasteiger partial charge in [-0.05, 0) is 24.3 Å². The maximum absolute atomic E-state index is 5.30. The van der Waals surface area contributed by atoms with E-state index in [1.54, 1.807) is 13.3 Å². The lowest BCUT2D eigenvalue weighted by atomic mass is 10.3. The van der Waals surface area contributed by atoms with Crippen molar-refractivity contribution in [1.29, 1.82) is 0 Å². The van der Waals surface area contributed by atoms with E-state index in [1.165, 1.54) is 0 Å². The molecule has 0 bridgehead atoms. The molecule has 120 valence electrons. The van der Waals surface area contributed by atoms with Crippen molar-refractivity contribution in [2.24, 2.45) is 4.99 Å². The van der Waals surface area contributed by atoms with Crippen molar-refractivity contribution in [2.75, 3.05) is 20.1 Å². The molecule has 0 unspecified atom stereocenters. The largest absolute Gasteiger partial charge is 0.469 e. The maximum atomic E-state index is 5.30. The molecule has 0 fully saturated rings. The summed E-state index contributed by atoms with van der Waals surface area (Å²) in [6.45, 7) is 1.54. The Balaban J connectivity index is 1.42. The third-order valence-corrected chi connectivity index (χ3v) is 3.56. The predicted octanol–water partition coefficient (Wildman–Crippen LogP) is 2.11. The molecule has 0 radical (unpaired) electrons. The minimum absolute atomic E-state index is 0.764. The molecule has 0 aliphatic rings. The molecule has 2 heterocycles. The van der Waals surface area contributed by atoms with Crippen molar-refractivity contribution in [1.82, 2.24) is 20.6 Å². The molecule has 0 spiro atoms. The van der Waals surface area contributed by atoms with E-state index in [2.05, 4.69) is 25.6 Å². The molecule has 0 aliphatic carbocycles. The summed E-state index contributed by atoms with van der Waals surface area (Å²) < 4.78 is 5.30. The van der Waals surface area contributed by atoms with E-state index in [-0.39, 0.29) is 0 Å². The molecule has 0 saturated heterocycles. The van der Waals surface area contributed by atoms with Crippen molar-refractivity contribution in [3.05, 3.63) is 54.2 Å². The first-order chi connectivity index (χ1) is 11.3. The van der Waals surface area contributed by atoms with E-state index in [4.69, 9.17) is 4.42 Å². The van der Waals surface area contributed by atoms with Gasteiger partial charge < -0.3 is 20.0 Å². The summed E-state index contributed by atoms with van der Waals surface area (Å²) in [6.07, 6.45) is 3.33. The van der Waals surface area contributed by atoms with Crippen LogP contribution in [-0.4, -0.2) is 36.1 Å². The number of nitrogens with one attached hydrogen (secondary N) is 3. The molecular weight excluding hydrogens is 290 g/mol. The second kappa shape index (κ2) is 7.49. The molecule has 1 aromatic carbocycles. The highest BCUT2D eigenvalue weighted by Crippen LogP contribution is 2.10. The SMILES string of the molecule is CN=C(NCCc1nc2ccccc2[nH]1)NCCc1ccco1. The number of guanidine groups is 1. The lowest BCUT2D eigenvalue weighted by Gasteiger charge is -2.10. The third-order valence-electron chi connectivity index (χ3n) is 3.56. The maximum Gasteiger partial charge on any atom is 0.191 e. The van der Waals surface area contributed by atoms with Crippen LogP contribution in [0.3, 0.4) is 0 Å². The Kier molecular flexibility index (Phi) is 4.93. The van der Waals surface area contributed by atoms with Gasteiger partial charge in [0.1, 0.15) is 11.6 Å². The zero-order valence-electron chi connectivity index (χ0n) is 13.2. The lowest BCUT2D eigenvalue weighted by molar-refractivity contribution is 0.507. The quantitative estimate of drug-likeness (QED) is 0.481. The van der Waals surface area contributed by atoms with Crippen LogP contribution in [-0.2, 0) is 12.8 Å². The Hall–Kier alpha value is -2.76. The number of aromatic amines is 1. The van der Waals surface area contributed by atoms with Crippen LogP contribution in [0.15, 0.2) is 52.1 Å². The number of H-pyrrole nitrogens is 1. The van der Waals surface area contributed by atoms with Gasteiger partial charge in [0.2, 0.25) is 0 Å². The predicted molar refractivity (Wildman–Crippen MR) is 91.6 cm³/mol. The Bertz CT molecular complexity index is 727. The van der Waals surface area contributed by atoms with Crippen molar-refractivity contribution < 1.29 is 4.42 Å². The van der Waals surface area contributed by atoms with E-state index in [9.17, 15) is 0 Å². The van der Waals surface area contributed by atoms with Gasteiger partial charge in [0.05, 0.1) is 17.3 Å². The van der Waals surface area contributed by atoms with Crippen LogP contribution in [0.5, 0.6) is 0 Å². The van der Waals surface area contributed by atoms with Crippen LogP contribution in [0.4, 0.5) is 0 Å². The van der Waals surface area contributed by atoms with Crippen molar-refractivity contribution in [3.63, 3.8) is 0 Å². The molecule has 0 aliphatic heterocycles. The van der Waals surface area contributed by atoms with Crippen LogP contribution < -0.4 is 10.6 Å². The number of aliphatic imine (C=N–C) groups is 1. The number of benzene rings is 1. The Morgan fingerprint density at radius 1 is 1.13 bits per heavy atom. The summed E-state index contributed by atoms with van der Waals surface area (Å²) in [7, 11) is 1.77. The zero-order chi connectivity index (χ0) is 15.9. The average Bonchev–Trinajstić information content (AvgIpc) is 3.22. The van der Waals surface area contributed by atoms with E-state index in [0.717, 1.165) is 54.5 Å². The molecule has 3 N–H and O–H groups in total. The van der Waals surface area contributed by atoms with Crippen LogP contribution in [0.1, 0.15) is 11.6 Å². The first-order valence-corrected chi connectivity index (χ1v) is 7.75. The van der Waals surface area contributed by atoms with Gasteiger partial charge in [0.15, 0.2) is 5.96 Å². The van der Waals surface area contributed by atoms with Crippen molar-refractivity contribution in [3.8, 4) is 0 Å². The molecule has 0 saturated carbocycles. The summed E-state index contributed by atoms with van der Waals surface area (Å²) in [4.78, 5) is 12.1. The minimum atomic E-state index is 0.764. The fourth-order valence-electron chi connectivity index (χ4n) is 2.40. The molecule has 6 heteroatoms. The summed E-state index contributed by atoms with van der Waals surface area (Å²) >= 11 is 0. The molecule has 0 atom stereocenters. The smallest absolute Gasteiger partial charge is 0.191 e. The molecule has 2 aromatic heterocycles. The number of hydrogen-bond donors (Lipinski definition) is 3. The number of nitrogens with zero attached hydrogens (tertiary/aromatic N) is 2. The highest BCUT2D eigenvalue weighted by Gasteiger charge is 2.03. The van der Waals surface area contributed by atoms with Crippen LogP contribution in [0.25, 0.3) is 11.0 Å². The first-order valence-electron chi connectivity index (χ1n) is 7.75. The number of rotatable bonds is 6. The van der Waals surface area contributed by atoms with E-state index < -0.39 is 0 Å². The Labute approximate surface area is 135 Å². The molecule has 23 heavy (non-hydrogen) atoms. The second-order valence-electron chi connectivity index (χ2n) is 5.21. The standard InChI is InChI=1S/C17H21N5O/c1-18-17(19-10-8-13-5-4-12-23-13)20-11-9-16-21-14-6-2-3-7-15(14)22-16/h2-7,12H,8-11H2,1H3,(H,21,22)(H2,18,19,20). The van der Waals surface area contributed by atoms with Crippen molar-refractivity contribution in [2.45, 2.75) is 12.8 Å². The minimum Gasteiger partial charge on any atom is -0.469 e. The van der Waals surface area contributed by atoms with Gasteiger partial charge in [-0.1, -0.05) is 12.1 Å². The monoisotopic (exact) mass is 311 g/mol. The molecule has 0 amide bonds. The van der Waals surface area contributed by atoms with Crippen LogP contribution in [0, 0.1) is 0 Å². The summed E-state index contributed by atoms with van der Waals surface area (Å²) in [6, 6.07) is 11.9. The molecule has 3 aromatic rings. The van der Waals surface area contributed by atoms with Crippen molar-refractivity contribution >= 4 is 17.0 Å². The zero-order valence-corrected chi connectivity index (χ0v) is 13.2. The number of hydrogen-bond acceptors (Lipinski definition) is 3. The highest BCUT2D eigenvalue weighted by molar-refractivity contribution is 5.79. The Morgan fingerprint density at radius 2 is 1.96 bits per heavy atom. The van der Waals surface area contributed by atoms with Gasteiger partial charge in [-0.2, -0.15) is 0 Å². The highest BCUT2D eigenvalue weighted by atomic mass is 16.3. The summed E-state index contributed by atoms with van der Waals surface area (Å²) in [5.74, 6) is 2.73. The molecule has 6 nitrogen and oxygen atoms in total. The van der Waals surface area contributed by atoms with Crippen LogP contribution in [0.2, 0.25) is 0 Å². The molecule has 3 rings (SSSR count). The van der Waals surface area contributed by atoms with Crippen LogP contribution >= 0.6 is 0 Å². The number of furan rings is 1. The van der Waals surface area contributed by atoms with E-state index in [1.807, 2.05) is 36.4 Å². The topological polar surface area (TPSA) is 78.2 Å². The second-order valence-corrected chi connectivity index (χ2v) is 5.21. The normalized spacial score (nSPS) is 11.8. The third kappa shape index (κ3) is 4.12. The Morgan fingerprint density at radius 3 is 2.70 bits per heavy atom. The van der Waals surface area contributed by atoms with Gasteiger partial charge in [0, 0.05) is 33.0 Å².